The van der Waals surface area contributed by atoms with Gasteiger partial charge in [-0.1, -0.05) is 30.3 Å². The van der Waals surface area contributed by atoms with Gasteiger partial charge in [-0.15, -0.1) is 0 Å². The number of para-hydroxylation sites is 1. The maximum Gasteiger partial charge on any atom is 0.323 e. The van der Waals surface area contributed by atoms with E-state index >= 15 is 0 Å². The number of methoxy groups -OCH3 is 2. The van der Waals surface area contributed by atoms with Gasteiger partial charge < -0.3 is 19.8 Å². The van der Waals surface area contributed by atoms with Crippen molar-refractivity contribution in [3.63, 3.8) is 0 Å². The van der Waals surface area contributed by atoms with Crippen LogP contribution in [0.4, 0.5) is 0 Å². The molecular weight excluding hydrogens is 316 g/mol. The number of hydrogen-bond acceptors (Lipinski definition) is 4. The zero-order valence-electron chi connectivity index (χ0n) is 14.4. The molecule has 0 saturated heterocycles. The topological polar surface area (TPSA) is 63.4 Å². The number of hydrogen-bond donors (Lipinski definition) is 2. The number of carbonyl (C=O) groups excluding carboxylic acids is 1. The zero-order chi connectivity index (χ0) is 17.6. The Kier molecular flexibility index (Phi) is 5.36. The van der Waals surface area contributed by atoms with Crippen molar-refractivity contribution in [2.45, 2.75) is 19.0 Å². The number of fused-ring (bicyclic) bond motifs is 1. The Labute approximate surface area is 147 Å². The van der Waals surface area contributed by atoms with Crippen molar-refractivity contribution in [3.05, 3.63) is 65.9 Å². The van der Waals surface area contributed by atoms with Crippen molar-refractivity contribution < 1.29 is 14.3 Å². The number of aromatic nitrogens is 1. The number of benzene rings is 2. The predicted molar refractivity (Wildman–Crippen MR) is 97.6 cm³/mol. The number of carbonyl (C=O) groups is 1. The minimum absolute atomic E-state index is 0.265. The molecule has 25 heavy (non-hydrogen) atoms. The molecule has 2 N–H and O–H groups in total. The van der Waals surface area contributed by atoms with Crippen molar-refractivity contribution in [1.82, 2.24) is 10.3 Å². The van der Waals surface area contributed by atoms with Gasteiger partial charge in [-0.2, -0.15) is 0 Å². The van der Waals surface area contributed by atoms with Crippen molar-refractivity contribution in [3.8, 4) is 5.75 Å². The molecular formula is C20H22N2O3. The molecule has 2 aromatic carbocycles. The third-order valence-electron chi connectivity index (χ3n) is 4.30. The Bertz CT molecular complexity index is 840. The molecule has 130 valence electrons. The van der Waals surface area contributed by atoms with E-state index in [0.29, 0.717) is 13.0 Å². The first kappa shape index (κ1) is 17.0. The molecule has 0 bridgehead atoms. The second-order valence-corrected chi connectivity index (χ2v) is 5.87. The average molecular weight is 338 g/mol. The lowest BCUT2D eigenvalue weighted by Gasteiger charge is -2.16. The van der Waals surface area contributed by atoms with Crippen LogP contribution in [0.3, 0.4) is 0 Å². The Balaban J connectivity index is 1.72. The quantitative estimate of drug-likeness (QED) is 0.650. The van der Waals surface area contributed by atoms with E-state index in [4.69, 9.17) is 9.47 Å². The fraction of sp³-hybridized carbons (Fsp3) is 0.250. The summed E-state index contributed by atoms with van der Waals surface area (Å²) in [6.45, 7) is 0.576. The molecule has 0 fully saturated rings. The minimum Gasteiger partial charge on any atom is -0.497 e. The van der Waals surface area contributed by atoms with Crippen LogP contribution in [0, 0.1) is 0 Å². The van der Waals surface area contributed by atoms with Gasteiger partial charge in [0.1, 0.15) is 11.8 Å². The molecule has 5 nitrogen and oxygen atoms in total. The van der Waals surface area contributed by atoms with Gasteiger partial charge in [-0.25, -0.2) is 0 Å². The number of H-pyrrole nitrogens is 1. The SMILES string of the molecule is COC(=O)C(Cc1c[nH]c2ccccc12)NCc1ccc(OC)cc1. The molecule has 1 atom stereocenters. The highest BCUT2D eigenvalue weighted by Gasteiger charge is 2.20. The maximum absolute atomic E-state index is 12.2. The van der Waals surface area contributed by atoms with Gasteiger partial charge in [-0.3, -0.25) is 4.79 Å². The summed E-state index contributed by atoms with van der Waals surface area (Å²) in [7, 11) is 3.06. The molecule has 0 amide bonds. The van der Waals surface area contributed by atoms with E-state index in [1.165, 1.54) is 7.11 Å². The lowest BCUT2D eigenvalue weighted by atomic mass is 10.0. The summed E-state index contributed by atoms with van der Waals surface area (Å²) in [6, 6.07) is 15.4. The minimum atomic E-state index is -0.411. The largest absolute Gasteiger partial charge is 0.497 e. The number of esters is 1. The third-order valence-corrected chi connectivity index (χ3v) is 4.30. The number of rotatable bonds is 7. The van der Waals surface area contributed by atoms with Crippen LogP contribution >= 0.6 is 0 Å². The van der Waals surface area contributed by atoms with Crippen LogP contribution in [-0.2, 0) is 22.5 Å². The third kappa shape index (κ3) is 4.00. The fourth-order valence-electron chi connectivity index (χ4n) is 2.89. The average Bonchev–Trinajstić information content (AvgIpc) is 3.08. The molecule has 0 radical (unpaired) electrons. The summed E-state index contributed by atoms with van der Waals surface area (Å²) in [5.41, 5.74) is 3.23. The van der Waals surface area contributed by atoms with Crippen LogP contribution in [0.2, 0.25) is 0 Å². The van der Waals surface area contributed by atoms with Gasteiger partial charge in [0.2, 0.25) is 0 Å². The van der Waals surface area contributed by atoms with Gasteiger partial charge in [-0.05, 0) is 29.3 Å². The molecule has 5 heteroatoms. The van der Waals surface area contributed by atoms with Gasteiger partial charge >= 0.3 is 5.97 Å². The summed E-state index contributed by atoms with van der Waals surface area (Å²) >= 11 is 0. The number of nitrogens with one attached hydrogen (secondary N) is 2. The van der Waals surface area contributed by atoms with Crippen molar-refractivity contribution in [2.24, 2.45) is 0 Å². The van der Waals surface area contributed by atoms with Crippen LogP contribution in [0.1, 0.15) is 11.1 Å². The molecule has 1 heterocycles. The normalized spacial score (nSPS) is 12.1. The van der Waals surface area contributed by atoms with E-state index < -0.39 is 6.04 Å². The van der Waals surface area contributed by atoms with E-state index in [1.54, 1.807) is 7.11 Å². The van der Waals surface area contributed by atoms with Crippen LogP contribution in [-0.4, -0.2) is 31.2 Å². The summed E-state index contributed by atoms with van der Waals surface area (Å²) in [5, 5.41) is 4.43. The maximum atomic E-state index is 12.2. The second-order valence-electron chi connectivity index (χ2n) is 5.87. The molecule has 3 aromatic rings. The smallest absolute Gasteiger partial charge is 0.323 e. The highest BCUT2D eigenvalue weighted by Crippen LogP contribution is 2.19. The molecule has 0 aliphatic heterocycles. The Morgan fingerprint density at radius 3 is 2.60 bits per heavy atom. The lowest BCUT2D eigenvalue weighted by molar-refractivity contribution is -0.143. The molecule has 0 aliphatic carbocycles. The standard InChI is InChI=1S/C20H22N2O3/c1-24-16-9-7-14(8-10-16)12-21-19(20(23)25-2)11-15-13-22-18-6-4-3-5-17(15)18/h3-10,13,19,21-22H,11-12H2,1-2H3. The van der Waals surface area contributed by atoms with Gasteiger partial charge in [0, 0.05) is 30.1 Å². The summed E-state index contributed by atoms with van der Waals surface area (Å²) in [4.78, 5) is 15.4. The van der Waals surface area contributed by atoms with Crippen LogP contribution < -0.4 is 10.1 Å². The first-order valence-electron chi connectivity index (χ1n) is 8.20. The van der Waals surface area contributed by atoms with Crippen LogP contribution in [0.15, 0.2) is 54.7 Å². The molecule has 1 aromatic heterocycles. The summed E-state index contributed by atoms with van der Waals surface area (Å²) < 4.78 is 10.1. The monoisotopic (exact) mass is 338 g/mol. The lowest BCUT2D eigenvalue weighted by Crippen LogP contribution is -2.39. The molecule has 1 unspecified atom stereocenters. The zero-order valence-corrected chi connectivity index (χ0v) is 14.4. The molecule has 0 spiro atoms. The Hall–Kier alpha value is -2.79. The first-order chi connectivity index (χ1) is 12.2. The van der Waals surface area contributed by atoms with Gasteiger partial charge in [0.15, 0.2) is 0 Å². The molecule has 0 aliphatic rings. The summed E-state index contributed by atoms with van der Waals surface area (Å²) in [6.07, 6.45) is 2.52. The first-order valence-corrected chi connectivity index (χ1v) is 8.20. The van der Waals surface area contributed by atoms with Gasteiger partial charge in [0.25, 0.3) is 0 Å². The number of aromatic amines is 1. The van der Waals surface area contributed by atoms with E-state index in [2.05, 4.69) is 16.4 Å². The van der Waals surface area contributed by atoms with Gasteiger partial charge in [0.05, 0.1) is 14.2 Å². The summed E-state index contributed by atoms with van der Waals surface area (Å²) in [5.74, 6) is 0.547. The van der Waals surface area contributed by atoms with Crippen LogP contribution in [0.25, 0.3) is 10.9 Å². The Morgan fingerprint density at radius 1 is 1.12 bits per heavy atom. The van der Waals surface area contributed by atoms with Crippen molar-refractivity contribution in [1.29, 1.82) is 0 Å². The van der Waals surface area contributed by atoms with Crippen LogP contribution in [0.5, 0.6) is 5.75 Å². The highest BCUT2D eigenvalue weighted by atomic mass is 16.5. The van der Waals surface area contributed by atoms with E-state index in [-0.39, 0.29) is 5.97 Å². The van der Waals surface area contributed by atoms with E-state index in [1.807, 2.05) is 48.7 Å². The van der Waals surface area contributed by atoms with E-state index in [9.17, 15) is 4.79 Å². The fourth-order valence-corrected chi connectivity index (χ4v) is 2.89. The highest BCUT2D eigenvalue weighted by molar-refractivity contribution is 5.84. The van der Waals surface area contributed by atoms with Crippen molar-refractivity contribution >= 4 is 16.9 Å². The number of ether oxygens (including phenoxy) is 2. The molecule has 0 saturated carbocycles. The van der Waals surface area contributed by atoms with E-state index in [0.717, 1.165) is 27.8 Å². The Morgan fingerprint density at radius 2 is 1.88 bits per heavy atom. The predicted octanol–water partition coefficient (Wildman–Crippen LogP) is 3.05. The second kappa shape index (κ2) is 7.85. The van der Waals surface area contributed by atoms with Crippen molar-refractivity contribution in [2.75, 3.05) is 14.2 Å². The molecule has 3 rings (SSSR count).